The highest BCUT2D eigenvalue weighted by Gasteiger charge is 2.19. The number of pyridine rings is 2. The lowest BCUT2D eigenvalue weighted by molar-refractivity contribution is -0.384. The second kappa shape index (κ2) is 8.92. The lowest BCUT2D eigenvalue weighted by atomic mass is 10.2. The van der Waals surface area contributed by atoms with Gasteiger partial charge in [0.15, 0.2) is 6.61 Å². The number of nitro benzene ring substituents is 1. The van der Waals surface area contributed by atoms with Gasteiger partial charge in [0, 0.05) is 30.6 Å². The topological polar surface area (TPSA) is 133 Å². The number of hydrogen-bond acceptors (Lipinski definition) is 7. The molecule has 2 heterocycles. The molecule has 0 aliphatic carbocycles. The highest BCUT2D eigenvalue weighted by molar-refractivity contribution is 6.34. The number of nitrogens with zero attached hydrogens (tertiary/aromatic N) is 3. The lowest BCUT2D eigenvalue weighted by Crippen LogP contribution is -2.25. The zero-order valence-electron chi connectivity index (χ0n) is 16.5. The molecule has 2 aromatic heterocycles. The summed E-state index contributed by atoms with van der Waals surface area (Å²) in [6.07, 6.45) is 1.35. The quantitative estimate of drug-likeness (QED) is 0.350. The van der Waals surface area contributed by atoms with Gasteiger partial charge < -0.3 is 14.6 Å². The predicted molar refractivity (Wildman–Crippen MR) is 113 cm³/mol. The molecule has 31 heavy (non-hydrogen) atoms. The number of carbonyl (C=O) groups is 2. The summed E-state index contributed by atoms with van der Waals surface area (Å²) in [6, 6.07) is 6.78. The zero-order chi connectivity index (χ0) is 22.7. The number of benzene rings is 1. The average molecular weight is 445 g/mol. The van der Waals surface area contributed by atoms with Crippen LogP contribution in [0.2, 0.25) is 5.02 Å². The van der Waals surface area contributed by atoms with E-state index in [1.54, 1.807) is 23.6 Å². The smallest absolute Gasteiger partial charge is 0.344 e. The molecule has 0 unspecified atom stereocenters. The molecule has 1 amide bonds. The maximum absolute atomic E-state index is 12.7. The number of hydrogen-bond donors (Lipinski definition) is 1. The van der Waals surface area contributed by atoms with Gasteiger partial charge in [-0.3, -0.25) is 19.7 Å². The normalized spacial score (nSPS) is 10.7. The first kappa shape index (κ1) is 21.9. The summed E-state index contributed by atoms with van der Waals surface area (Å²) in [6.45, 7) is 3.42. The van der Waals surface area contributed by atoms with Crippen molar-refractivity contribution in [1.29, 1.82) is 0 Å². The molecule has 0 radical (unpaired) electrons. The van der Waals surface area contributed by atoms with Gasteiger partial charge in [-0.05, 0) is 32.0 Å². The molecule has 0 saturated heterocycles. The first-order valence-corrected chi connectivity index (χ1v) is 9.50. The summed E-state index contributed by atoms with van der Waals surface area (Å²) in [5.41, 5.74) is 0.300. The van der Waals surface area contributed by atoms with Gasteiger partial charge in [-0.1, -0.05) is 11.6 Å². The van der Waals surface area contributed by atoms with E-state index in [2.05, 4.69) is 10.3 Å². The molecule has 0 saturated carbocycles. The third kappa shape index (κ3) is 4.69. The molecule has 0 aliphatic rings. The number of rotatable bonds is 6. The highest BCUT2D eigenvalue weighted by atomic mass is 35.5. The van der Waals surface area contributed by atoms with E-state index in [0.29, 0.717) is 12.2 Å². The van der Waals surface area contributed by atoms with E-state index in [0.717, 1.165) is 11.8 Å². The third-order valence-electron chi connectivity index (χ3n) is 4.39. The third-order valence-corrected chi connectivity index (χ3v) is 4.71. The number of aryl methyl sites for hydroxylation is 2. The zero-order valence-corrected chi connectivity index (χ0v) is 17.3. The minimum Gasteiger partial charge on any atom is -0.452 e. The van der Waals surface area contributed by atoms with Gasteiger partial charge >= 0.3 is 5.97 Å². The Kier molecular flexibility index (Phi) is 6.30. The van der Waals surface area contributed by atoms with Crippen LogP contribution in [0.25, 0.3) is 11.0 Å². The SMILES string of the molecule is CCn1cc(C(=O)OCC(=O)Nc2ccc([N+](=O)[O-])cc2Cl)c(=O)c2ccc(C)nc21. The molecular weight excluding hydrogens is 428 g/mol. The molecule has 0 bridgehead atoms. The van der Waals surface area contributed by atoms with Crippen LogP contribution < -0.4 is 10.7 Å². The van der Waals surface area contributed by atoms with Crippen LogP contribution in [-0.4, -0.2) is 33.0 Å². The second-order valence-corrected chi connectivity index (χ2v) is 6.93. The summed E-state index contributed by atoms with van der Waals surface area (Å²) in [4.78, 5) is 51.7. The van der Waals surface area contributed by atoms with Crippen molar-refractivity contribution in [2.24, 2.45) is 0 Å². The Balaban J connectivity index is 1.75. The van der Waals surface area contributed by atoms with E-state index in [1.807, 2.05) is 6.92 Å². The Labute approximate surface area is 180 Å². The van der Waals surface area contributed by atoms with Crippen LogP contribution in [-0.2, 0) is 16.1 Å². The number of ether oxygens (including phenoxy) is 1. The van der Waals surface area contributed by atoms with Crippen molar-refractivity contribution in [2.45, 2.75) is 20.4 Å². The van der Waals surface area contributed by atoms with Gasteiger partial charge in [-0.2, -0.15) is 0 Å². The number of nitrogens with one attached hydrogen (secondary N) is 1. The number of carbonyl (C=O) groups excluding carboxylic acids is 2. The molecule has 3 aromatic rings. The van der Waals surface area contributed by atoms with Gasteiger partial charge in [-0.15, -0.1) is 0 Å². The van der Waals surface area contributed by atoms with Crippen molar-refractivity contribution in [1.82, 2.24) is 9.55 Å². The van der Waals surface area contributed by atoms with Gasteiger partial charge in [0.25, 0.3) is 11.6 Å². The monoisotopic (exact) mass is 444 g/mol. The summed E-state index contributed by atoms with van der Waals surface area (Å²) in [5.74, 6) is -1.68. The molecule has 160 valence electrons. The van der Waals surface area contributed by atoms with Crippen molar-refractivity contribution in [3.05, 3.63) is 73.1 Å². The largest absolute Gasteiger partial charge is 0.452 e. The standard InChI is InChI=1S/C20H17ClN4O6/c1-3-24-9-14(18(27)13-6-4-11(2)22-19(13)24)20(28)31-10-17(26)23-16-7-5-12(25(29)30)8-15(16)21/h4-9H,3,10H2,1-2H3,(H,23,26). The van der Waals surface area contributed by atoms with Crippen LogP contribution >= 0.6 is 11.6 Å². The Morgan fingerprint density at radius 3 is 2.68 bits per heavy atom. The fourth-order valence-corrected chi connectivity index (χ4v) is 3.08. The Bertz CT molecular complexity index is 1270. The van der Waals surface area contributed by atoms with Crippen LogP contribution in [0.4, 0.5) is 11.4 Å². The first-order valence-electron chi connectivity index (χ1n) is 9.13. The molecular formula is C20H17ClN4O6. The molecule has 3 rings (SSSR count). The number of fused-ring (bicyclic) bond motifs is 1. The summed E-state index contributed by atoms with van der Waals surface area (Å²) in [7, 11) is 0. The van der Waals surface area contributed by atoms with Crippen LogP contribution in [0.15, 0.2) is 41.3 Å². The summed E-state index contributed by atoms with van der Waals surface area (Å²) < 4.78 is 6.63. The van der Waals surface area contributed by atoms with Gasteiger partial charge in [0.05, 0.1) is 21.0 Å². The number of aromatic nitrogens is 2. The predicted octanol–water partition coefficient (Wildman–Crippen LogP) is 3.08. The number of halogens is 1. The molecule has 0 aliphatic heterocycles. The van der Waals surface area contributed by atoms with Crippen LogP contribution in [0.5, 0.6) is 0 Å². The van der Waals surface area contributed by atoms with E-state index >= 15 is 0 Å². The van der Waals surface area contributed by atoms with E-state index in [-0.39, 0.29) is 27.3 Å². The van der Waals surface area contributed by atoms with Crippen molar-refractivity contribution in [3.8, 4) is 0 Å². The maximum Gasteiger partial charge on any atom is 0.344 e. The van der Waals surface area contributed by atoms with Gasteiger partial charge in [0.2, 0.25) is 5.43 Å². The number of nitro groups is 1. The van der Waals surface area contributed by atoms with E-state index < -0.39 is 28.8 Å². The Morgan fingerprint density at radius 2 is 2.03 bits per heavy atom. The van der Waals surface area contributed by atoms with Crippen molar-refractivity contribution >= 4 is 45.9 Å². The number of non-ortho nitro benzene ring substituents is 1. The molecule has 1 N–H and O–H groups in total. The number of anilines is 1. The minimum absolute atomic E-state index is 0.0444. The van der Waals surface area contributed by atoms with Gasteiger partial charge in [-0.25, -0.2) is 9.78 Å². The minimum atomic E-state index is -0.959. The molecule has 10 nitrogen and oxygen atoms in total. The average Bonchev–Trinajstić information content (AvgIpc) is 2.73. The second-order valence-electron chi connectivity index (χ2n) is 6.53. The fourth-order valence-electron chi connectivity index (χ4n) is 2.86. The Morgan fingerprint density at radius 1 is 1.29 bits per heavy atom. The van der Waals surface area contributed by atoms with Crippen LogP contribution in [0, 0.1) is 17.0 Å². The molecule has 0 atom stereocenters. The fraction of sp³-hybridized carbons (Fsp3) is 0.200. The molecule has 11 heteroatoms. The first-order chi connectivity index (χ1) is 14.7. The van der Waals surface area contributed by atoms with E-state index in [9.17, 15) is 24.5 Å². The summed E-state index contributed by atoms with van der Waals surface area (Å²) >= 11 is 5.92. The van der Waals surface area contributed by atoms with Crippen LogP contribution in [0.3, 0.4) is 0 Å². The van der Waals surface area contributed by atoms with Crippen molar-refractivity contribution < 1.29 is 19.2 Å². The Hall–Kier alpha value is -3.79. The van der Waals surface area contributed by atoms with Gasteiger partial charge in [0.1, 0.15) is 11.2 Å². The highest BCUT2D eigenvalue weighted by Crippen LogP contribution is 2.26. The lowest BCUT2D eigenvalue weighted by Gasteiger charge is -2.11. The number of esters is 1. The van der Waals surface area contributed by atoms with E-state index in [1.165, 1.54) is 18.3 Å². The molecule has 0 spiro atoms. The van der Waals surface area contributed by atoms with Crippen molar-refractivity contribution in [2.75, 3.05) is 11.9 Å². The molecule has 0 fully saturated rings. The maximum atomic E-state index is 12.7. The summed E-state index contributed by atoms with van der Waals surface area (Å²) in [5, 5.41) is 13.4. The van der Waals surface area contributed by atoms with E-state index in [4.69, 9.17) is 16.3 Å². The van der Waals surface area contributed by atoms with Crippen LogP contribution in [0.1, 0.15) is 23.0 Å². The number of amides is 1. The molecule has 1 aromatic carbocycles. The van der Waals surface area contributed by atoms with Crippen molar-refractivity contribution in [3.63, 3.8) is 0 Å².